The second kappa shape index (κ2) is 19.3. The molecule has 19 rings (SSSR count). The maximum absolute atomic E-state index is 2.94. The minimum Gasteiger partial charge on any atom is -0.365 e. The summed E-state index contributed by atoms with van der Waals surface area (Å²) in [7, 11) is 0. The Hall–Kier alpha value is -8.90. The Kier molecular flexibility index (Phi) is 11.3. The largest absolute Gasteiger partial charge is 0.365 e. The molecule has 6 aliphatic heterocycles. The molecule has 11 aromatic rings. The van der Waals surface area contributed by atoms with Crippen molar-refractivity contribution in [2.75, 3.05) is 19.6 Å². The van der Waals surface area contributed by atoms with Crippen molar-refractivity contribution in [3.8, 4) is 33.4 Å². The second-order valence-corrected chi connectivity index (χ2v) is 27.5. The molecule has 2 saturated carbocycles. The molecular weight excluding hydrogens is 1060 g/mol. The third kappa shape index (κ3) is 7.72. The second-order valence-electron chi connectivity index (χ2n) is 26.4. The number of hydrogen-bond donors (Lipinski definition) is 0. The minimum atomic E-state index is -0.0759. The van der Waals surface area contributed by atoms with E-state index in [9.17, 15) is 0 Å². The van der Waals surface area contributed by atoms with E-state index < -0.39 is 0 Å². The van der Waals surface area contributed by atoms with Gasteiger partial charge in [-0.15, -0.1) is 0 Å². The van der Waals surface area contributed by atoms with Gasteiger partial charge in [-0.25, -0.2) is 0 Å². The Bertz CT molecular complexity index is 4440. The van der Waals surface area contributed by atoms with E-state index >= 15 is 0 Å². The van der Waals surface area contributed by atoms with Crippen molar-refractivity contribution in [2.24, 2.45) is 11.8 Å². The molecule has 8 aliphatic rings. The molecule has 11 aromatic carbocycles. The molecule has 0 N–H and O–H groups in total. The highest BCUT2D eigenvalue weighted by Crippen LogP contribution is 2.56. The predicted octanol–water partition coefficient (Wildman–Crippen LogP) is 16.6. The highest BCUT2D eigenvalue weighted by molar-refractivity contribution is 8.00. The number of fused-ring (bicyclic) bond motifs is 8. The first-order valence-electron chi connectivity index (χ1n) is 31.3. The van der Waals surface area contributed by atoms with Crippen LogP contribution in [0.2, 0.25) is 0 Å². The summed E-state index contributed by atoms with van der Waals surface area (Å²) in [5.74, 6) is 1.66. The first-order chi connectivity index (χ1) is 42.3. The van der Waals surface area contributed by atoms with E-state index in [4.69, 9.17) is 0 Å². The van der Waals surface area contributed by atoms with Gasteiger partial charge in [-0.05, 0) is 183 Å². The Morgan fingerprint density at radius 2 is 0.814 bits per heavy atom. The minimum absolute atomic E-state index is 0.0187. The zero-order valence-electron chi connectivity index (χ0n) is 48.9. The number of nitrogens with zero attached hydrogens (tertiary/aromatic N) is 4. The number of anilines is 10. The van der Waals surface area contributed by atoms with Gasteiger partial charge >= 0.3 is 0 Å². The van der Waals surface area contributed by atoms with Crippen molar-refractivity contribution in [1.82, 2.24) is 0 Å². The molecule has 0 unspecified atom stereocenters. The van der Waals surface area contributed by atoms with Crippen LogP contribution in [0.5, 0.6) is 0 Å². The van der Waals surface area contributed by atoms with Crippen LogP contribution in [0.25, 0.3) is 33.4 Å². The molecule has 7 heteroatoms. The predicted molar refractivity (Wildman–Crippen MR) is 365 cm³/mol. The number of benzene rings is 11. The topological polar surface area (TPSA) is 13.0 Å². The number of para-hydroxylation sites is 4. The van der Waals surface area contributed by atoms with Gasteiger partial charge in [-0.3, -0.25) is 0 Å². The third-order valence-corrected chi connectivity index (χ3v) is 21.6. The van der Waals surface area contributed by atoms with Gasteiger partial charge in [0.1, 0.15) is 0 Å². The van der Waals surface area contributed by atoms with Gasteiger partial charge in [-0.1, -0.05) is 208 Å². The maximum Gasteiger partial charge on any atom is 0.252 e. The van der Waals surface area contributed by atoms with E-state index in [0.717, 1.165) is 11.8 Å². The molecular formula is C79H64B2N4S. The average Bonchev–Trinajstić information content (AvgIpc) is 0.722. The van der Waals surface area contributed by atoms with Gasteiger partial charge in [0.2, 0.25) is 6.71 Å². The standard InChI is InChI=1S/C79H64B2N4S/c1-79(2,3)56-44-71-77-75(45-56)86-74-49-70-66(48-67(74)81(77)64-33-19-21-35-68(64)83(71)57-29-15-7-16-30-57)80-65-34-20-22-36-69(65)85(78-62(53-25-11-5-12-26-53)42-55(52-23-9-4-10-24-52)43-63(78)54-27-13-6-14-28-54)73-47-61(82-59-38-50-37-51(40-59)41-60(82)39-50)46-72(76(73)80)84(70)58-31-17-8-18-32-58/h4-36,42-51,59-60H,37-41H2,1-3H3. The summed E-state index contributed by atoms with van der Waals surface area (Å²) >= 11 is 1.98. The molecule has 2 saturated heterocycles. The van der Waals surface area contributed by atoms with E-state index in [1.165, 1.54) is 170 Å². The fourth-order valence-corrected chi connectivity index (χ4v) is 18.2. The zero-order valence-corrected chi connectivity index (χ0v) is 49.7. The Labute approximate surface area is 511 Å². The quantitative estimate of drug-likeness (QED) is 0.147. The van der Waals surface area contributed by atoms with Crippen LogP contribution in [-0.4, -0.2) is 25.5 Å². The Balaban J connectivity index is 0.939. The maximum atomic E-state index is 2.94. The van der Waals surface area contributed by atoms with Gasteiger partial charge in [0, 0.05) is 84.2 Å². The molecule has 0 aromatic heterocycles. The molecule has 4 bridgehead atoms. The molecule has 2 aliphatic carbocycles. The highest BCUT2D eigenvalue weighted by Gasteiger charge is 2.51. The molecule has 4 nitrogen and oxygen atoms in total. The lowest BCUT2D eigenvalue weighted by atomic mass is 9.31. The monoisotopic (exact) mass is 1120 g/mol. The van der Waals surface area contributed by atoms with Crippen LogP contribution < -0.4 is 52.4 Å². The number of rotatable bonds is 7. The molecule has 4 fully saturated rings. The molecule has 0 atom stereocenters. The molecule has 412 valence electrons. The van der Waals surface area contributed by atoms with Crippen LogP contribution >= 0.6 is 11.8 Å². The molecule has 0 radical (unpaired) electrons. The summed E-state index contributed by atoms with van der Waals surface area (Å²) in [5, 5.41) is 0. The van der Waals surface area contributed by atoms with E-state index in [1.807, 2.05) is 11.8 Å². The van der Waals surface area contributed by atoms with Crippen molar-refractivity contribution in [2.45, 2.75) is 80.2 Å². The SMILES string of the molecule is CC(C)(C)c1cc2c3c(c1)N(c1ccccc1)c1ccccc1B3c1cc3c(cc1S2)N(c1ccccc1)c1cc(N2C4CC5CC(C4)CC2C5)cc2c1B3c1ccccc1N2c1c(-c2ccccc2)cc(-c2ccccc2)cc1-c1ccccc1. The van der Waals surface area contributed by atoms with Gasteiger partial charge in [0.15, 0.2) is 0 Å². The van der Waals surface area contributed by atoms with Gasteiger partial charge < -0.3 is 19.6 Å². The lowest BCUT2D eigenvalue weighted by molar-refractivity contribution is 0.0900. The third-order valence-electron chi connectivity index (χ3n) is 20.4. The van der Waals surface area contributed by atoms with Crippen molar-refractivity contribution in [3.63, 3.8) is 0 Å². The Morgan fingerprint density at radius 3 is 1.37 bits per heavy atom. The van der Waals surface area contributed by atoms with Crippen molar-refractivity contribution in [3.05, 3.63) is 254 Å². The van der Waals surface area contributed by atoms with Crippen molar-refractivity contribution in [1.29, 1.82) is 0 Å². The summed E-state index contributed by atoms with van der Waals surface area (Å²) < 4.78 is 0. The van der Waals surface area contributed by atoms with E-state index in [0.29, 0.717) is 12.1 Å². The highest BCUT2D eigenvalue weighted by atomic mass is 32.2. The summed E-state index contributed by atoms with van der Waals surface area (Å²) in [6.07, 6.45) is 6.55. The van der Waals surface area contributed by atoms with Crippen LogP contribution in [0.4, 0.5) is 56.9 Å². The van der Waals surface area contributed by atoms with Crippen LogP contribution in [0.15, 0.2) is 259 Å². The Morgan fingerprint density at radius 1 is 0.349 bits per heavy atom. The molecule has 6 heterocycles. The molecule has 0 amide bonds. The average molecular weight is 1120 g/mol. The summed E-state index contributed by atoms with van der Waals surface area (Å²) in [4.78, 5) is 13.6. The summed E-state index contributed by atoms with van der Waals surface area (Å²) in [6, 6.07) is 96.3. The van der Waals surface area contributed by atoms with E-state index in [-0.39, 0.29) is 18.8 Å². The van der Waals surface area contributed by atoms with Crippen LogP contribution in [0.1, 0.15) is 58.4 Å². The van der Waals surface area contributed by atoms with Gasteiger partial charge in [-0.2, -0.15) is 0 Å². The van der Waals surface area contributed by atoms with Crippen molar-refractivity contribution >= 4 is 115 Å². The summed E-state index contributed by atoms with van der Waals surface area (Å²) in [5.41, 5.74) is 29.1. The molecule has 0 spiro atoms. The van der Waals surface area contributed by atoms with E-state index in [1.54, 1.807) is 0 Å². The smallest absolute Gasteiger partial charge is 0.252 e. The van der Waals surface area contributed by atoms with Gasteiger partial charge in [0.05, 0.1) is 5.69 Å². The molecule has 86 heavy (non-hydrogen) atoms. The first kappa shape index (κ1) is 50.4. The number of hydrogen-bond acceptors (Lipinski definition) is 5. The van der Waals surface area contributed by atoms with Gasteiger partial charge in [0.25, 0.3) is 6.71 Å². The lowest BCUT2D eigenvalue weighted by Gasteiger charge is -2.58. The first-order valence-corrected chi connectivity index (χ1v) is 32.1. The van der Waals surface area contributed by atoms with Crippen LogP contribution in [0, 0.1) is 11.8 Å². The van der Waals surface area contributed by atoms with Crippen molar-refractivity contribution < 1.29 is 0 Å². The lowest BCUT2D eigenvalue weighted by Crippen LogP contribution is -2.64. The number of piperidine rings is 2. The van der Waals surface area contributed by atoms with Crippen LogP contribution in [-0.2, 0) is 5.41 Å². The zero-order chi connectivity index (χ0) is 56.9. The summed E-state index contributed by atoms with van der Waals surface area (Å²) in [6.45, 7) is 7.04. The van der Waals surface area contributed by atoms with Crippen LogP contribution in [0.3, 0.4) is 0 Å². The fourth-order valence-electron chi connectivity index (χ4n) is 17.0. The van der Waals surface area contributed by atoms with E-state index in [2.05, 4.69) is 289 Å². The normalized spacial score (nSPS) is 18.9. The fraction of sp³-hybridized carbons (Fsp3) is 0.165.